The lowest BCUT2D eigenvalue weighted by Crippen LogP contribution is -1.76. The molecule has 0 aromatic rings. The van der Waals surface area contributed by atoms with Crippen LogP contribution in [-0.2, 0) is 0 Å². The van der Waals surface area contributed by atoms with Gasteiger partial charge in [-0.2, -0.15) is 0 Å². The van der Waals surface area contributed by atoms with Gasteiger partial charge in [0.15, 0.2) is 0 Å². The molecule has 32 valence electrons. The number of rotatable bonds is 0. The molecule has 1 heteroatoms. The summed E-state index contributed by atoms with van der Waals surface area (Å²) in [5.74, 6) is 0. The lowest BCUT2D eigenvalue weighted by molar-refractivity contribution is 1.45. The summed E-state index contributed by atoms with van der Waals surface area (Å²) in [5, 5.41) is -0.167. The van der Waals surface area contributed by atoms with Crippen molar-refractivity contribution in [1.82, 2.24) is 0 Å². The van der Waals surface area contributed by atoms with E-state index in [4.69, 9.17) is 13.0 Å². The van der Waals surface area contributed by atoms with Crippen molar-refractivity contribution in [2.45, 2.75) is 5.38 Å². The Labute approximate surface area is 43.5 Å². The van der Waals surface area contributed by atoms with Crippen molar-refractivity contribution in [3.05, 3.63) is 24.3 Å². The summed E-state index contributed by atoms with van der Waals surface area (Å²) in [5.41, 5.74) is 0. The fourth-order valence-corrected chi connectivity index (χ4v) is 0.513. The highest BCUT2D eigenvalue weighted by Crippen LogP contribution is 2.05. The van der Waals surface area contributed by atoms with Gasteiger partial charge in [-0.15, -0.1) is 11.6 Å². The summed E-state index contributed by atoms with van der Waals surface area (Å²) in [6.45, 7) is 0. The number of hydrogen-bond acceptors (Lipinski definition) is 0. The summed E-state index contributed by atoms with van der Waals surface area (Å²) >= 11 is 5.52. The van der Waals surface area contributed by atoms with E-state index in [1.54, 1.807) is 18.2 Å². The summed E-state index contributed by atoms with van der Waals surface area (Å²) in [6.07, 6.45) is 5.27. The van der Waals surface area contributed by atoms with Crippen LogP contribution >= 0.6 is 11.6 Å². The van der Waals surface area contributed by atoms with Crippen molar-refractivity contribution >= 4 is 11.6 Å². The Morgan fingerprint density at radius 3 is 2.67 bits per heavy atom. The van der Waals surface area contributed by atoms with E-state index in [1.807, 2.05) is 0 Å². The lowest BCUT2D eigenvalue weighted by atomic mass is 10.5. The van der Waals surface area contributed by atoms with Crippen LogP contribution in [0.2, 0.25) is 0 Å². The van der Waals surface area contributed by atoms with Crippen LogP contribution in [0, 0.1) is 0 Å². The highest BCUT2D eigenvalue weighted by atomic mass is 35.5. The third-order valence-corrected chi connectivity index (χ3v) is 0.903. The molecule has 0 saturated carbocycles. The van der Waals surface area contributed by atoms with Crippen LogP contribution in [-0.4, -0.2) is 5.38 Å². The molecule has 1 rings (SSSR count). The van der Waals surface area contributed by atoms with Gasteiger partial charge in [0.25, 0.3) is 0 Å². The van der Waals surface area contributed by atoms with Crippen molar-refractivity contribution in [3.8, 4) is 0 Å². The molecule has 0 aromatic heterocycles. The average molecular weight is 102 g/mol. The summed E-state index contributed by atoms with van der Waals surface area (Å²) in [6, 6.07) is 0.488. The molecule has 6 heavy (non-hydrogen) atoms. The Bertz CT molecular complexity index is 126. The molecule has 0 fully saturated rings. The van der Waals surface area contributed by atoms with Crippen molar-refractivity contribution in [2.75, 3.05) is 0 Å². The van der Waals surface area contributed by atoms with Crippen LogP contribution in [0.15, 0.2) is 24.3 Å². The molecule has 0 radical (unpaired) electrons. The van der Waals surface area contributed by atoms with E-state index in [2.05, 4.69) is 0 Å². The topological polar surface area (TPSA) is 0 Å². The van der Waals surface area contributed by atoms with Crippen LogP contribution in [0.1, 0.15) is 1.37 Å². The summed E-state index contributed by atoms with van der Waals surface area (Å²) < 4.78 is 7.00. The zero-order valence-electron chi connectivity index (χ0n) is 4.19. The van der Waals surface area contributed by atoms with E-state index in [9.17, 15) is 0 Å². The molecule has 0 nitrogen and oxygen atoms in total. The van der Waals surface area contributed by atoms with E-state index < -0.39 is 0 Å². The molecule has 0 bridgehead atoms. The Morgan fingerprint density at radius 2 is 2.50 bits per heavy atom. The standard InChI is InChI=1S/C5H5Cl/c6-5-3-1-2-4-5/h1-5H/i3D. The third kappa shape index (κ3) is 0.631. The fraction of sp³-hybridized carbons (Fsp3) is 0.200. The average Bonchev–Trinajstić information content (AvgIpc) is 1.91. The highest BCUT2D eigenvalue weighted by molar-refractivity contribution is 6.23. The van der Waals surface area contributed by atoms with Crippen molar-refractivity contribution < 1.29 is 1.37 Å². The van der Waals surface area contributed by atoms with Gasteiger partial charge in [0.05, 0.1) is 6.75 Å². The van der Waals surface area contributed by atoms with E-state index >= 15 is 0 Å². The second-order valence-corrected chi connectivity index (χ2v) is 1.59. The van der Waals surface area contributed by atoms with Crippen LogP contribution in [0.4, 0.5) is 0 Å². The maximum atomic E-state index is 7.00. The van der Waals surface area contributed by atoms with Gasteiger partial charge >= 0.3 is 0 Å². The zero-order valence-corrected chi connectivity index (χ0v) is 3.94. The van der Waals surface area contributed by atoms with Crippen LogP contribution in [0.3, 0.4) is 0 Å². The highest BCUT2D eigenvalue weighted by Gasteiger charge is 1.92. The van der Waals surface area contributed by atoms with Gasteiger partial charge in [-0.1, -0.05) is 24.3 Å². The zero-order chi connectivity index (χ0) is 5.28. The Hall–Kier alpha value is -0.230. The molecular weight excluding hydrogens is 95.5 g/mol. The maximum absolute atomic E-state index is 7.00. The first-order valence-corrected chi connectivity index (χ1v) is 2.23. The number of halogens is 1. The molecule has 1 aliphatic carbocycles. The maximum Gasteiger partial charge on any atom is 0.0702 e. The molecule has 0 spiro atoms. The van der Waals surface area contributed by atoms with E-state index in [0.29, 0.717) is 6.05 Å². The SMILES string of the molecule is [2H]C1=CC=CC1Cl. The van der Waals surface area contributed by atoms with Crippen LogP contribution in [0.5, 0.6) is 0 Å². The monoisotopic (exact) mass is 101 g/mol. The number of alkyl halides is 1. The number of hydrogen-bond donors (Lipinski definition) is 0. The molecule has 0 amide bonds. The van der Waals surface area contributed by atoms with Gasteiger partial charge in [-0.05, 0) is 0 Å². The Balaban J connectivity index is 2.69. The predicted octanol–water partition coefficient (Wildman–Crippen LogP) is 1.72. The first kappa shape index (κ1) is 2.86. The summed E-state index contributed by atoms with van der Waals surface area (Å²) in [4.78, 5) is 0. The molecular formula is C5H5Cl. The van der Waals surface area contributed by atoms with Crippen LogP contribution in [0.25, 0.3) is 0 Å². The third-order valence-electron chi connectivity index (χ3n) is 0.632. The molecule has 0 heterocycles. The minimum atomic E-state index is -0.167. The summed E-state index contributed by atoms with van der Waals surface area (Å²) in [7, 11) is 0. The molecule has 0 N–H and O–H groups in total. The molecule has 0 aliphatic heterocycles. The van der Waals surface area contributed by atoms with Gasteiger partial charge in [0, 0.05) is 0 Å². The van der Waals surface area contributed by atoms with E-state index in [0.717, 1.165) is 0 Å². The van der Waals surface area contributed by atoms with Gasteiger partial charge in [-0.25, -0.2) is 0 Å². The van der Waals surface area contributed by atoms with Gasteiger partial charge < -0.3 is 0 Å². The Kier molecular flexibility index (Phi) is 0.706. The second-order valence-electron chi connectivity index (χ2n) is 1.12. The molecule has 1 atom stereocenters. The van der Waals surface area contributed by atoms with Gasteiger partial charge in [0.1, 0.15) is 0 Å². The van der Waals surface area contributed by atoms with Gasteiger partial charge in [0.2, 0.25) is 0 Å². The fourth-order valence-electron chi connectivity index (χ4n) is 0.356. The largest absolute Gasteiger partial charge is 0.114 e. The van der Waals surface area contributed by atoms with Crippen molar-refractivity contribution in [3.63, 3.8) is 0 Å². The van der Waals surface area contributed by atoms with Crippen LogP contribution < -0.4 is 0 Å². The normalized spacial score (nSPS) is 33.2. The lowest BCUT2D eigenvalue weighted by Gasteiger charge is -1.80. The predicted molar refractivity (Wildman–Crippen MR) is 27.9 cm³/mol. The van der Waals surface area contributed by atoms with Gasteiger partial charge in [-0.3, -0.25) is 0 Å². The van der Waals surface area contributed by atoms with E-state index in [1.165, 1.54) is 0 Å². The van der Waals surface area contributed by atoms with Crippen molar-refractivity contribution in [2.24, 2.45) is 0 Å². The van der Waals surface area contributed by atoms with E-state index in [-0.39, 0.29) is 5.38 Å². The first-order valence-electron chi connectivity index (χ1n) is 2.30. The quantitative estimate of drug-likeness (QED) is 0.408. The molecule has 1 unspecified atom stereocenters. The Morgan fingerprint density at radius 1 is 1.67 bits per heavy atom. The van der Waals surface area contributed by atoms with Crippen molar-refractivity contribution in [1.29, 1.82) is 0 Å². The second kappa shape index (κ2) is 1.48. The minimum Gasteiger partial charge on any atom is -0.114 e. The minimum absolute atomic E-state index is 0.167. The molecule has 1 aliphatic rings. The number of allylic oxidation sites excluding steroid dienone is 4. The molecule has 0 saturated heterocycles. The molecule has 0 aromatic carbocycles. The smallest absolute Gasteiger partial charge is 0.0702 e. The first-order chi connectivity index (χ1) is 3.30.